The zero-order valence-corrected chi connectivity index (χ0v) is 9.36. The molecule has 0 saturated heterocycles. The van der Waals surface area contributed by atoms with Gasteiger partial charge in [0.25, 0.3) is 0 Å². The van der Waals surface area contributed by atoms with Crippen LogP contribution in [-0.4, -0.2) is 19.9 Å². The molecule has 2 nitrogen and oxygen atoms in total. The van der Waals surface area contributed by atoms with Crippen molar-refractivity contribution >= 4 is 12.0 Å². The van der Waals surface area contributed by atoms with Crippen LogP contribution in [0, 0.1) is 0 Å². The highest BCUT2D eigenvalue weighted by molar-refractivity contribution is 5.62. The predicted molar refractivity (Wildman–Crippen MR) is 62.5 cm³/mol. The number of likely N-dealkylation sites (N-methyl/N-ethyl adjacent to an activating group) is 1. The van der Waals surface area contributed by atoms with Crippen LogP contribution in [0.25, 0.3) is 0 Å². The van der Waals surface area contributed by atoms with E-state index in [1.807, 2.05) is 0 Å². The molecule has 15 heavy (non-hydrogen) atoms. The summed E-state index contributed by atoms with van der Waals surface area (Å²) in [4.78, 5) is 12.8. The van der Waals surface area contributed by atoms with E-state index in [0.29, 0.717) is 12.3 Å². The fourth-order valence-electron chi connectivity index (χ4n) is 2.35. The Labute approximate surface area is 90.9 Å². The third kappa shape index (κ3) is 1.76. The largest absolute Gasteiger partial charge is 0.374 e. The van der Waals surface area contributed by atoms with Gasteiger partial charge in [-0.1, -0.05) is 19.1 Å². The Bertz CT molecular complexity index is 373. The van der Waals surface area contributed by atoms with Crippen LogP contribution in [0.5, 0.6) is 0 Å². The molecule has 1 aliphatic heterocycles. The number of fused-ring (bicyclic) bond motifs is 1. The molecule has 0 saturated carbocycles. The van der Waals surface area contributed by atoms with E-state index in [9.17, 15) is 4.79 Å². The van der Waals surface area contributed by atoms with Crippen molar-refractivity contribution < 1.29 is 4.79 Å². The van der Waals surface area contributed by atoms with Gasteiger partial charge in [-0.3, -0.25) is 0 Å². The zero-order valence-electron chi connectivity index (χ0n) is 9.36. The molecule has 0 N–H and O–H groups in total. The smallest absolute Gasteiger partial charge is 0.120 e. The number of aldehydes is 1. The molecule has 2 heteroatoms. The zero-order chi connectivity index (χ0) is 10.8. The third-order valence-electron chi connectivity index (χ3n) is 3.28. The van der Waals surface area contributed by atoms with Crippen LogP contribution < -0.4 is 4.90 Å². The van der Waals surface area contributed by atoms with Crippen molar-refractivity contribution in [3.05, 3.63) is 29.3 Å². The molecule has 0 bridgehead atoms. The number of hydrogen-bond acceptors (Lipinski definition) is 2. The predicted octanol–water partition coefficient (Wildman–Crippen LogP) is 2.37. The topological polar surface area (TPSA) is 20.3 Å². The minimum atomic E-state index is 0.351. The maximum Gasteiger partial charge on any atom is 0.120 e. The quantitative estimate of drug-likeness (QED) is 0.703. The van der Waals surface area contributed by atoms with Crippen molar-refractivity contribution in [1.29, 1.82) is 0 Å². The SMILES string of the molecule is CC(CC=O)c1cccc2c1CCN2C. The molecule has 0 spiro atoms. The molecule has 0 radical (unpaired) electrons. The molecule has 1 aromatic rings. The molecule has 0 fully saturated rings. The van der Waals surface area contributed by atoms with Crippen LogP contribution in [0.1, 0.15) is 30.4 Å². The number of carbonyl (C=O) groups is 1. The first-order valence-electron chi connectivity index (χ1n) is 5.50. The first-order valence-corrected chi connectivity index (χ1v) is 5.50. The summed E-state index contributed by atoms with van der Waals surface area (Å²) in [5, 5.41) is 0. The van der Waals surface area contributed by atoms with E-state index in [1.54, 1.807) is 0 Å². The minimum Gasteiger partial charge on any atom is -0.374 e. The van der Waals surface area contributed by atoms with Gasteiger partial charge < -0.3 is 9.69 Å². The van der Waals surface area contributed by atoms with Crippen molar-refractivity contribution in [1.82, 2.24) is 0 Å². The molecule has 1 aliphatic rings. The lowest BCUT2D eigenvalue weighted by atomic mass is 9.92. The van der Waals surface area contributed by atoms with E-state index in [2.05, 4.69) is 37.1 Å². The van der Waals surface area contributed by atoms with E-state index in [1.165, 1.54) is 16.8 Å². The number of rotatable bonds is 3. The van der Waals surface area contributed by atoms with Crippen LogP contribution in [0.4, 0.5) is 5.69 Å². The highest BCUT2D eigenvalue weighted by atomic mass is 16.1. The van der Waals surface area contributed by atoms with Gasteiger partial charge in [0.05, 0.1) is 0 Å². The summed E-state index contributed by atoms with van der Waals surface area (Å²) in [7, 11) is 2.13. The number of nitrogens with zero attached hydrogens (tertiary/aromatic N) is 1. The molecule has 0 aliphatic carbocycles. The second kappa shape index (κ2) is 4.05. The average molecular weight is 203 g/mol. The highest BCUT2D eigenvalue weighted by Crippen LogP contribution is 2.33. The Morgan fingerprint density at radius 2 is 2.33 bits per heavy atom. The van der Waals surface area contributed by atoms with Gasteiger partial charge in [0, 0.05) is 25.7 Å². The minimum absolute atomic E-state index is 0.351. The van der Waals surface area contributed by atoms with Crippen molar-refractivity contribution in [3.8, 4) is 0 Å². The van der Waals surface area contributed by atoms with E-state index in [4.69, 9.17) is 0 Å². The van der Waals surface area contributed by atoms with Crippen molar-refractivity contribution in [3.63, 3.8) is 0 Å². The molecule has 0 aromatic heterocycles. The number of benzene rings is 1. The standard InChI is InChI=1S/C13H17NO/c1-10(7-9-15)11-4-3-5-13-12(11)6-8-14(13)2/h3-5,9-10H,6-8H2,1-2H3. The molecular formula is C13H17NO. The molecule has 1 aromatic carbocycles. The maximum atomic E-state index is 10.5. The second-order valence-corrected chi connectivity index (χ2v) is 4.32. The summed E-state index contributed by atoms with van der Waals surface area (Å²) in [5.41, 5.74) is 4.13. The lowest BCUT2D eigenvalue weighted by Gasteiger charge is -2.15. The Morgan fingerprint density at radius 1 is 1.53 bits per heavy atom. The lowest BCUT2D eigenvalue weighted by Crippen LogP contribution is -2.12. The summed E-state index contributed by atoms with van der Waals surface area (Å²) in [6.45, 7) is 3.22. The van der Waals surface area contributed by atoms with Gasteiger partial charge in [-0.2, -0.15) is 0 Å². The molecular weight excluding hydrogens is 186 g/mol. The van der Waals surface area contributed by atoms with Gasteiger partial charge in [0.2, 0.25) is 0 Å². The van der Waals surface area contributed by atoms with Gasteiger partial charge in [0.1, 0.15) is 6.29 Å². The van der Waals surface area contributed by atoms with Crippen molar-refractivity contribution in [2.75, 3.05) is 18.5 Å². The number of hydrogen-bond donors (Lipinski definition) is 0. The average Bonchev–Trinajstić information content (AvgIpc) is 2.61. The lowest BCUT2D eigenvalue weighted by molar-refractivity contribution is -0.108. The first-order chi connectivity index (χ1) is 7.24. The number of carbonyl (C=O) groups excluding carboxylic acids is 1. The van der Waals surface area contributed by atoms with Gasteiger partial charge in [-0.15, -0.1) is 0 Å². The van der Waals surface area contributed by atoms with Crippen LogP contribution in [-0.2, 0) is 11.2 Å². The van der Waals surface area contributed by atoms with Crippen LogP contribution in [0.15, 0.2) is 18.2 Å². The summed E-state index contributed by atoms with van der Waals surface area (Å²) in [6, 6.07) is 6.42. The molecule has 80 valence electrons. The molecule has 2 rings (SSSR count). The summed E-state index contributed by atoms with van der Waals surface area (Å²) in [5.74, 6) is 0.351. The van der Waals surface area contributed by atoms with Crippen LogP contribution in [0.3, 0.4) is 0 Å². The van der Waals surface area contributed by atoms with Gasteiger partial charge in [0.15, 0.2) is 0 Å². The molecule has 1 heterocycles. The van der Waals surface area contributed by atoms with E-state index in [0.717, 1.165) is 19.3 Å². The van der Waals surface area contributed by atoms with Crippen molar-refractivity contribution in [2.45, 2.75) is 25.7 Å². The first kappa shape index (κ1) is 10.2. The Kier molecular flexibility index (Phi) is 2.76. The summed E-state index contributed by atoms with van der Waals surface area (Å²) >= 11 is 0. The monoisotopic (exact) mass is 203 g/mol. The normalized spacial score (nSPS) is 16.3. The highest BCUT2D eigenvalue weighted by Gasteiger charge is 2.20. The number of anilines is 1. The van der Waals surface area contributed by atoms with Gasteiger partial charge >= 0.3 is 0 Å². The third-order valence-corrected chi connectivity index (χ3v) is 3.28. The van der Waals surface area contributed by atoms with Gasteiger partial charge in [-0.25, -0.2) is 0 Å². The Hall–Kier alpha value is -1.31. The fraction of sp³-hybridized carbons (Fsp3) is 0.462. The summed E-state index contributed by atoms with van der Waals surface area (Å²) in [6.07, 6.45) is 2.76. The van der Waals surface area contributed by atoms with Crippen LogP contribution in [0.2, 0.25) is 0 Å². The maximum absolute atomic E-state index is 10.5. The van der Waals surface area contributed by atoms with Crippen LogP contribution >= 0.6 is 0 Å². The second-order valence-electron chi connectivity index (χ2n) is 4.32. The van der Waals surface area contributed by atoms with E-state index < -0.39 is 0 Å². The van der Waals surface area contributed by atoms with Gasteiger partial charge in [-0.05, 0) is 29.5 Å². The Morgan fingerprint density at radius 3 is 3.07 bits per heavy atom. The van der Waals surface area contributed by atoms with E-state index in [-0.39, 0.29) is 0 Å². The fourth-order valence-corrected chi connectivity index (χ4v) is 2.35. The molecule has 0 amide bonds. The Balaban J connectivity index is 2.37. The van der Waals surface area contributed by atoms with Crippen molar-refractivity contribution in [2.24, 2.45) is 0 Å². The summed E-state index contributed by atoms with van der Waals surface area (Å²) < 4.78 is 0. The molecule has 1 unspecified atom stereocenters. The molecule has 1 atom stereocenters. The van der Waals surface area contributed by atoms with E-state index >= 15 is 0 Å².